The molecule has 17 heavy (non-hydrogen) atoms. The lowest BCUT2D eigenvalue weighted by atomic mass is 10.1. The third kappa shape index (κ3) is 3.20. The highest BCUT2D eigenvalue weighted by Crippen LogP contribution is 2.17. The summed E-state index contributed by atoms with van der Waals surface area (Å²) in [5, 5.41) is 12.4. The minimum Gasteiger partial charge on any atom is -0.396 e. The molecule has 1 aliphatic rings. The predicted molar refractivity (Wildman–Crippen MR) is 71.5 cm³/mol. The highest BCUT2D eigenvalue weighted by Gasteiger charge is 2.18. The molecule has 2 N–H and O–H groups in total. The minimum absolute atomic E-state index is 0.264. The second-order valence-electron chi connectivity index (χ2n) is 4.63. The predicted octanol–water partition coefficient (Wildman–Crippen LogP) is 1.41. The molecule has 1 aliphatic heterocycles. The van der Waals surface area contributed by atoms with Crippen LogP contribution in [0.4, 0.5) is 5.69 Å². The van der Waals surface area contributed by atoms with E-state index in [0.717, 1.165) is 32.5 Å². The van der Waals surface area contributed by atoms with Gasteiger partial charge in [0.05, 0.1) is 0 Å². The second-order valence-corrected chi connectivity index (χ2v) is 4.63. The van der Waals surface area contributed by atoms with Gasteiger partial charge in [-0.1, -0.05) is 19.1 Å². The van der Waals surface area contributed by atoms with Gasteiger partial charge in [0.15, 0.2) is 0 Å². The summed E-state index contributed by atoms with van der Waals surface area (Å²) < 4.78 is 0. The number of nitrogens with zero attached hydrogens (tertiary/aromatic N) is 1. The number of aryl methyl sites for hydroxylation is 1. The van der Waals surface area contributed by atoms with Crippen LogP contribution in [0.15, 0.2) is 24.3 Å². The Hall–Kier alpha value is -1.06. The summed E-state index contributed by atoms with van der Waals surface area (Å²) in [6.07, 6.45) is 1.93. The maximum atomic E-state index is 8.99. The van der Waals surface area contributed by atoms with Crippen LogP contribution < -0.4 is 10.2 Å². The molecule has 1 heterocycles. The Morgan fingerprint density at radius 1 is 1.35 bits per heavy atom. The molecule has 0 radical (unpaired) electrons. The Balaban J connectivity index is 2.00. The molecule has 0 amide bonds. The average Bonchev–Trinajstić information content (AvgIpc) is 2.40. The van der Waals surface area contributed by atoms with Gasteiger partial charge in [0, 0.05) is 38.0 Å². The van der Waals surface area contributed by atoms with E-state index in [0.29, 0.717) is 6.04 Å². The van der Waals surface area contributed by atoms with Crippen LogP contribution in [0.5, 0.6) is 0 Å². The molecule has 94 valence electrons. The van der Waals surface area contributed by atoms with Gasteiger partial charge in [-0.2, -0.15) is 0 Å². The van der Waals surface area contributed by atoms with Crippen LogP contribution in [0, 0.1) is 0 Å². The van der Waals surface area contributed by atoms with E-state index in [-0.39, 0.29) is 6.61 Å². The summed E-state index contributed by atoms with van der Waals surface area (Å²) in [4.78, 5) is 2.40. The molecule has 1 unspecified atom stereocenters. The van der Waals surface area contributed by atoms with E-state index in [1.165, 1.54) is 11.3 Å². The molecular weight excluding hydrogens is 212 g/mol. The van der Waals surface area contributed by atoms with Gasteiger partial charge in [0.25, 0.3) is 0 Å². The van der Waals surface area contributed by atoms with Gasteiger partial charge < -0.3 is 15.3 Å². The van der Waals surface area contributed by atoms with Gasteiger partial charge >= 0.3 is 0 Å². The van der Waals surface area contributed by atoms with E-state index < -0.39 is 0 Å². The van der Waals surface area contributed by atoms with E-state index in [1.54, 1.807) is 0 Å². The van der Waals surface area contributed by atoms with E-state index in [4.69, 9.17) is 5.11 Å². The number of piperazine rings is 1. The number of hydrogen-bond acceptors (Lipinski definition) is 3. The average molecular weight is 234 g/mol. The molecule has 1 aromatic carbocycles. The zero-order chi connectivity index (χ0) is 12.1. The van der Waals surface area contributed by atoms with Gasteiger partial charge in [-0.25, -0.2) is 0 Å². The van der Waals surface area contributed by atoms with Crippen LogP contribution in [0.25, 0.3) is 0 Å². The quantitative estimate of drug-likeness (QED) is 0.827. The van der Waals surface area contributed by atoms with Crippen molar-refractivity contribution >= 4 is 5.69 Å². The normalized spacial score (nSPS) is 20.6. The lowest BCUT2D eigenvalue weighted by Gasteiger charge is -2.35. The number of aliphatic hydroxyl groups is 1. The summed E-state index contributed by atoms with van der Waals surface area (Å²) in [7, 11) is 0. The highest BCUT2D eigenvalue weighted by atomic mass is 16.3. The van der Waals surface area contributed by atoms with Crippen molar-refractivity contribution in [3.05, 3.63) is 29.8 Å². The SMILES string of the molecule is CCc1ccc(N2CCNC(CCO)C2)cc1. The highest BCUT2D eigenvalue weighted by molar-refractivity contribution is 5.48. The fourth-order valence-corrected chi connectivity index (χ4v) is 2.35. The Labute approximate surface area is 103 Å². The van der Waals surface area contributed by atoms with Crippen LogP contribution in [-0.2, 0) is 6.42 Å². The molecule has 0 aromatic heterocycles. The molecule has 3 heteroatoms. The van der Waals surface area contributed by atoms with Crippen LogP contribution >= 0.6 is 0 Å². The van der Waals surface area contributed by atoms with Crippen molar-refractivity contribution < 1.29 is 5.11 Å². The van der Waals surface area contributed by atoms with E-state index in [9.17, 15) is 0 Å². The number of nitrogens with one attached hydrogen (secondary N) is 1. The Morgan fingerprint density at radius 2 is 2.12 bits per heavy atom. The number of hydrogen-bond donors (Lipinski definition) is 2. The summed E-state index contributed by atoms with van der Waals surface area (Å²) in [5.74, 6) is 0. The molecule has 0 spiro atoms. The number of rotatable bonds is 4. The molecule has 0 bridgehead atoms. The van der Waals surface area contributed by atoms with Gasteiger partial charge in [-0.15, -0.1) is 0 Å². The van der Waals surface area contributed by atoms with Crippen molar-refractivity contribution in [3.8, 4) is 0 Å². The van der Waals surface area contributed by atoms with Crippen molar-refractivity contribution in [2.45, 2.75) is 25.8 Å². The summed E-state index contributed by atoms with van der Waals surface area (Å²) in [6.45, 7) is 5.48. The molecule has 0 saturated carbocycles. The fourth-order valence-electron chi connectivity index (χ4n) is 2.35. The number of anilines is 1. The fraction of sp³-hybridized carbons (Fsp3) is 0.571. The lowest BCUT2D eigenvalue weighted by molar-refractivity contribution is 0.260. The maximum absolute atomic E-state index is 8.99. The summed E-state index contributed by atoms with van der Waals surface area (Å²) in [5.41, 5.74) is 2.68. The van der Waals surface area contributed by atoms with Crippen LogP contribution in [0.1, 0.15) is 18.9 Å². The molecule has 3 nitrogen and oxygen atoms in total. The third-order valence-corrected chi connectivity index (χ3v) is 3.44. The summed E-state index contributed by atoms with van der Waals surface area (Å²) >= 11 is 0. The first-order valence-corrected chi connectivity index (χ1v) is 6.51. The van der Waals surface area contributed by atoms with Crippen molar-refractivity contribution in [1.29, 1.82) is 0 Å². The first-order chi connectivity index (χ1) is 8.33. The Morgan fingerprint density at radius 3 is 2.76 bits per heavy atom. The van der Waals surface area contributed by atoms with Gasteiger partial charge in [-0.3, -0.25) is 0 Å². The van der Waals surface area contributed by atoms with Crippen molar-refractivity contribution in [2.24, 2.45) is 0 Å². The number of aliphatic hydroxyl groups excluding tert-OH is 1. The van der Waals surface area contributed by atoms with Crippen LogP contribution in [-0.4, -0.2) is 37.4 Å². The topological polar surface area (TPSA) is 35.5 Å². The lowest BCUT2D eigenvalue weighted by Crippen LogP contribution is -2.51. The zero-order valence-electron chi connectivity index (χ0n) is 10.5. The third-order valence-electron chi connectivity index (χ3n) is 3.44. The van der Waals surface area contributed by atoms with Gasteiger partial charge in [0.1, 0.15) is 0 Å². The zero-order valence-corrected chi connectivity index (χ0v) is 10.5. The van der Waals surface area contributed by atoms with E-state index >= 15 is 0 Å². The van der Waals surface area contributed by atoms with Gasteiger partial charge in [0.2, 0.25) is 0 Å². The molecule has 1 atom stereocenters. The van der Waals surface area contributed by atoms with Gasteiger partial charge in [-0.05, 0) is 30.5 Å². The van der Waals surface area contributed by atoms with Crippen molar-refractivity contribution in [2.75, 3.05) is 31.1 Å². The Bertz CT molecular complexity index is 335. The maximum Gasteiger partial charge on any atom is 0.0446 e. The molecular formula is C14H22N2O. The van der Waals surface area contributed by atoms with Crippen molar-refractivity contribution in [3.63, 3.8) is 0 Å². The Kier molecular flexibility index (Phi) is 4.40. The number of benzene rings is 1. The second kappa shape index (κ2) is 6.03. The van der Waals surface area contributed by atoms with E-state index in [2.05, 4.69) is 41.4 Å². The van der Waals surface area contributed by atoms with Crippen molar-refractivity contribution in [1.82, 2.24) is 5.32 Å². The standard InChI is InChI=1S/C14H22N2O/c1-2-12-3-5-14(6-4-12)16-9-8-15-13(11-16)7-10-17/h3-6,13,15,17H,2,7-11H2,1H3. The summed E-state index contributed by atoms with van der Waals surface area (Å²) in [6, 6.07) is 9.25. The minimum atomic E-state index is 0.264. The molecule has 1 fully saturated rings. The molecule has 1 saturated heterocycles. The van der Waals surface area contributed by atoms with Crippen LogP contribution in [0.3, 0.4) is 0 Å². The monoisotopic (exact) mass is 234 g/mol. The van der Waals surface area contributed by atoms with Crippen LogP contribution in [0.2, 0.25) is 0 Å². The van der Waals surface area contributed by atoms with E-state index in [1.807, 2.05) is 0 Å². The largest absolute Gasteiger partial charge is 0.396 e. The molecule has 2 rings (SSSR count). The smallest absolute Gasteiger partial charge is 0.0446 e. The molecule has 1 aromatic rings. The first kappa shape index (κ1) is 12.4. The first-order valence-electron chi connectivity index (χ1n) is 6.51. The molecule has 0 aliphatic carbocycles.